The number of carbonyl (C=O) groups is 1. The summed E-state index contributed by atoms with van der Waals surface area (Å²) in [5, 5.41) is 0. The SMILES string of the molecule is O=C(COc1ccc(CN2CCCC2)cc1)N1CCC[C@@H]1c1cccc(-n2ccnc2)n1. The molecule has 1 atom stereocenters. The Balaban J connectivity index is 1.19. The van der Waals surface area contributed by atoms with Crippen LogP contribution in [-0.2, 0) is 11.3 Å². The molecule has 0 unspecified atom stereocenters. The maximum atomic E-state index is 13.0. The Kier molecular flexibility index (Phi) is 6.16. The van der Waals surface area contributed by atoms with Gasteiger partial charge in [0, 0.05) is 25.5 Å². The minimum absolute atomic E-state index is 0.00322. The van der Waals surface area contributed by atoms with Gasteiger partial charge in [0.2, 0.25) is 0 Å². The third-order valence-electron chi connectivity index (χ3n) is 6.33. The molecular formula is C25H29N5O2. The number of likely N-dealkylation sites (tertiary alicyclic amines) is 2. The Hall–Kier alpha value is -3.19. The van der Waals surface area contributed by atoms with Gasteiger partial charge < -0.3 is 9.64 Å². The van der Waals surface area contributed by atoms with Crippen molar-refractivity contribution in [2.75, 3.05) is 26.2 Å². The number of benzene rings is 1. The van der Waals surface area contributed by atoms with Crippen LogP contribution in [-0.4, -0.2) is 56.5 Å². The molecule has 32 heavy (non-hydrogen) atoms. The van der Waals surface area contributed by atoms with E-state index in [0.29, 0.717) is 0 Å². The first kappa shape index (κ1) is 20.7. The Labute approximate surface area is 188 Å². The summed E-state index contributed by atoms with van der Waals surface area (Å²) in [5.74, 6) is 1.55. The van der Waals surface area contributed by atoms with Crippen LogP contribution < -0.4 is 4.74 Å². The number of nitrogens with zero attached hydrogens (tertiary/aromatic N) is 5. The molecule has 0 bridgehead atoms. The third-order valence-corrected chi connectivity index (χ3v) is 6.33. The third kappa shape index (κ3) is 4.67. The van der Waals surface area contributed by atoms with Crippen LogP contribution in [0.4, 0.5) is 0 Å². The van der Waals surface area contributed by atoms with Gasteiger partial charge in [-0.05, 0) is 68.6 Å². The highest BCUT2D eigenvalue weighted by molar-refractivity contribution is 5.78. The lowest BCUT2D eigenvalue weighted by Crippen LogP contribution is -2.34. The first-order valence-electron chi connectivity index (χ1n) is 11.5. The molecule has 1 amide bonds. The lowest BCUT2D eigenvalue weighted by Gasteiger charge is -2.24. The predicted molar refractivity (Wildman–Crippen MR) is 121 cm³/mol. The fraction of sp³-hybridized carbons (Fsp3) is 0.400. The van der Waals surface area contributed by atoms with E-state index in [1.165, 1.54) is 31.5 Å². The van der Waals surface area contributed by atoms with Crippen LogP contribution in [0, 0.1) is 0 Å². The predicted octanol–water partition coefficient (Wildman–Crippen LogP) is 3.61. The molecule has 0 spiro atoms. The monoisotopic (exact) mass is 431 g/mol. The maximum absolute atomic E-state index is 13.0. The zero-order valence-electron chi connectivity index (χ0n) is 18.3. The van der Waals surface area contributed by atoms with E-state index >= 15 is 0 Å². The molecule has 4 heterocycles. The molecule has 0 radical (unpaired) electrons. The lowest BCUT2D eigenvalue weighted by molar-refractivity contribution is -0.134. The summed E-state index contributed by atoms with van der Waals surface area (Å²) in [6, 6.07) is 14.0. The van der Waals surface area contributed by atoms with Gasteiger partial charge in [-0.3, -0.25) is 14.3 Å². The molecule has 5 rings (SSSR count). The molecule has 0 saturated carbocycles. The van der Waals surface area contributed by atoms with Crippen LogP contribution in [0.1, 0.15) is 43.0 Å². The Bertz CT molecular complexity index is 1030. The smallest absolute Gasteiger partial charge is 0.261 e. The van der Waals surface area contributed by atoms with Crippen molar-refractivity contribution in [3.8, 4) is 11.6 Å². The van der Waals surface area contributed by atoms with Crippen LogP contribution >= 0.6 is 0 Å². The fourth-order valence-electron chi connectivity index (χ4n) is 4.65. The maximum Gasteiger partial charge on any atom is 0.261 e. The van der Waals surface area contributed by atoms with Crippen LogP contribution in [0.25, 0.3) is 5.82 Å². The molecule has 166 valence electrons. The van der Waals surface area contributed by atoms with Crippen LogP contribution in [0.15, 0.2) is 61.2 Å². The van der Waals surface area contributed by atoms with E-state index in [0.717, 1.165) is 43.2 Å². The molecule has 7 heteroatoms. The fourth-order valence-corrected chi connectivity index (χ4v) is 4.65. The number of hydrogen-bond donors (Lipinski definition) is 0. The van der Waals surface area contributed by atoms with Crippen molar-refractivity contribution in [1.29, 1.82) is 0 Å². The summed E-state index contributed by atoms with van der Waals surface area (Å²) >= 11 is 0. The minimum atomic E-state index is -0.0163. The van der Waals surface area contributed by atoms with E-state index in [1.54, 1.807) is 12.5 Å². The molecular weight excluding hydrogens is 402 g/mol. The second-order valence-electron chi connectivity index (χ2n) is 8.55. The number of aromatic nitrogens is 3. The Morgan fingerprint density at radius 1 is 1.03 bits per heavy atom. The average Bonchev–Trinajstić information content (AvgIpc) is 3.61. The van der Waals surface area contributed by atoms with Gasteiger partial charge in [-0.25, -0.2) is 9.97 Å². The van der Waals surface area contributed by atoms with E-state index < -0.39 is 0 Å². The average molecular weight is 432 g/mol. The largest absolute Gasteiger partial charge is 0.484 e. The second kappa shape index (κ2) is 9.53. The number of imidazole rings is 1. The molecule has 3 aromatic rings. The van der Waals surface area contributed by atoms with Crippen molar-refractivity contribution in [3.63, 3.8) is 0 Å². The molecule has 2 aliphatic heterocycles. The Morgan fingerprint density at radius 3 is 2.66 bits per heavy atom. The van der Waals surface area contributed by atoms with Crippen molar-refractivity contribution < 1.29 is 9.53 Å². The summed E-state index contributed by atoms with van der Waals surface area (Å²) < 4.78 is 7.71. The van der Waals surface area contributed by atoms with Gasteiger partial charge in [-0.1, -0.05) is 18.2 Å². The van der Waals surface area contributed by atoms with Crippen molar-refractivity contribution in [2.24, 2.45) is 0 Å². The number of hydrogen-bond acceptors (Lipinski definition) is 5. The first-order chi connectivity index (χ1) is 15.8. The molecule has 0 aliphatic carbocycles. The number of pyridine rings is 1. The summed E-state index contributed by atoms with van der Waals surface area (Å²) in [4.78, 5) is 26.2. The summed E-state index contributed by atoms with van der Waals surface area (Å²) in [7, 11) is 0. The number of carbonyl (C=O) groups excluding carboxylic acids is 1. The van der Waals surface area contributed by atoms with Gasteiger partial charge in [-0.2, -0.15) is 0 Å². The topological polar surface area (TPSA) is 63.5 Å². The standard InChI is InChI=1S/C25H29N5O2/c31-25(18-32-21-10-8-20(9-11-21)17-28-13-1-2-14-28)30-15-4-6-23(30)22-5-3-7-24(27-22)29-16-12-26-19-29/h3,5,7-12,16,19,23H,1-2,4,6,13-15,17-18H2/t23-/m1/s1. The van der Waals surface area contributed by atoms with E-state index in [1.807, 2.05) is 46.0 Å². The van der Waals surface area contributed by atoms with Gasteiger partial charge in [0.15, 0.2) is 6.61 Å². The van der Waals surface area contributed by atoms with Crippen LogP contribution in [0.3, 0.4) is 0 Å². The highest BCUT2D eigenvalue weighted by atomic mass is 16.5. The van der Waals surface area contributed by atoms with E-state index in [4.69, 9.17) is 9.72 Å². The van der Waals surface area contributed by atoms with E-state index in [-0.39, 0.29) is 18.6 Å². The zero-order valence-corrected chi connectivity index (χ0v) is 18.3. The van der Waals surface area contributed by atoms with Gasteiger partial charge >= 0.3 is 0 Å². The van der Waals surface area contributed by atoms with Crippen molar-refractivity contribution in [3.05, 3.63) is 72.4 Å². The second-order valence-corrected chi connectivity index (χ2v) is 8.55. The van der Waals surface area contributed by atoms with Crippen LogP contribution in [0.2, 0.25) is 0 Å². The molecule has 2 aromatic heterocycles. The van der Waals surface area contributed by atoms with Crippen LogP contribution in [0.5, 0.6) is 5.75 Å². The van der Waals surface area contributed by atoms with Gasteiger partial charge in [0.25, 0.3) is 5.91 Å². The molecule has 2 saturated heterocycles. The quantitative estimate of drug-likeness (QED) is 0.572. The molecule has 0 N–H and O–H groups in total. The van der Waals surface area contributed by atoms with Crippen molar-refractivity contribution in [2.45, 2.75) is 38.3 Å². The normalized spacial score (nSPS) is 18.9. The summed E-state index contributed by atoms with van der Waals surface area (Å²) in [6.07, 6.45) is 9.81. The number of ether oxygens (including phenoxy) is 1. The number of rotatable bonds is 7. The lowest BCUT2D eigenvalue weighted by atomic mass is 10.1. The first-order valence-corrected chi connectivity index (χ1v) is 11.5. The van der Waals surface area contributed by atoms with Gasteiger partial charge in [0.05, 0.1) is 11.7 Å². The highest BCUT2D eigenvalue weighted by Gasteiger charge is 2.31. The molecule has 2 fully saturated rings. The number of amides is 1. The summed E-state index contributed by atoms with van der Waals surface area (Å²) in [5.41, 5.74) is 2.20. The molecule has 7 nitrogen and oxygen atoms in total. The highest BCUT2D eigenvalue weighted by Crippen LogP contribution is 2.31. The Morgan fingerprint density at radius 2 is 1.88 bits per heavy atom. The zero-order chi connectivity index (χ0) is 21.8. The van der Waals surface area contributed by atoms with E-state index in [2.05, 4.69) is 22.0 Å². The molecule has 2 aliphatic rings. The van der Waals surface area contributed by atoms with Crippen molar-refractivity contribution in [1.82, 2.24) is 24.3 Å². The van der Waals surface area contributed by atoms with Gasteiger partial charge in [0.1, 0.15) is 17.9 Å². The minimum Gasteiger partial charge on any atom is -0.484 e. The molecule has 1 aromatic carbocycles. The van der Waals surface area contributed by atoms with Gasteiger partial charge in [-0.15, -0.1) is 0 Å². The van der Waals surface area contributed by atoms with Crippen molar-refractivity contribution >= 4 is 5.91 Å². The van der Waals surface area contributed by atoms with E-state index in [9.17, 15) is 4.79 Å². The summed E-state index contributed by atoms with van der Waals surface area (Å²) in [6.45, 7) is 4.13.